The summed E-state index contributed by atoms with van der Waals surface area (Å²) >= 11 is 0. The van der Waals surface area contributed by atoms with Crippen LogP contribution >= 0.6 is 0 Å². The van der Waals surface area contributed by atoms with Crippen molar-refractivity contribution in [3.05, 3.63) is 65.7 Å². The SMILES string of the molecule is CC1(CNc2ccccc2Cc2ccccc2)CCCN1. The summed E-state index contributed by atoms with van der Waals surface area (Å²) < 4.78 is 0. The van der Waals surface area contributed by atoms with Crippen molar-refractivity contribution in [2.45, 2.75) is 31.7 Å². The number of anilines is 1. The van der Waals surface area contributed by atoms with Gasteiger partial charge in [0.2, 0.25) is 0 Å². The molecule has 3 rings (SSSR count). The molecule has 2 heteroatoms. The Morgan fingerprint density at radius 2 is 1.81 bits per heavy atom. The summed E-state index contributed by atoms with van der Waals surface area (Å²) in [6.45, 7) is 4.44. The highest BCUT2D eigenvalue weighted by Gasteiger charge is 2.27. The summed E-state index contributed by atoms with van der Waals surface area (Å²) in [6, 6.07) is 19.3. The molecule has 1 aliphatic rings. The van der Waals surface area contributed by atoms with Gasteiger partial charge in [0, 0.05) is 17.8 Å². The van der Waals surface area contributed by atoms with Crippen LogP contribution in [0.5, 0.6) is 0 Å². The average Bonchev–Trinajstić information content (AvgIpc) is 2.95. The van der Waals surface area contributed by atoms with Crippen molar-refractivity contribution in [3.63, 3.8) is 0 Å². The average molecular weight is 280 g/mol. The fourth-order valence-electron chi connectivity index (χ4n) is 3.06. The van der Waals surface area contributed by atoms with Crippen molar-refractivity contribution < 1.29 is 0 Å². The molecule has 1 saturated heterocycles. The van der Waals surface area contributed by atoms with Crippen LogP contribution in [0.4, 0.5) is 5.69 Å². The standard InChI is InChI=1S/C19H24N2/c1-19(12-7-13-21-19)15-20-18-11-6-5-10-17(18)14-16-8-3-2-4-9-16/h2-6,8-11,20-21H,7,12-15H2,1H3. The second-order valence-electron chi connectivity index (χ2n) is 6.26. The van der Waals surface area contributed by atoms with Crippen molar-refractivity contribution >= 4 is 5.69 Å². The fraction of sp³-hybridized carbons (Fsp3) is 0.368. The summed E-state index contributed by atoms with van der Waals surface area (Å²) in [5, 5.41) is 7.26. The van der Waals surface area contributed by atoms with Gasteiger partial charge in [-0.3, -0.25) is 0 Å². The largest absolute Gasteiger partial charge is 0.383 e. The minimum atomic E-state index is 0.236. The van der Waals surface area contributed by atoms with Crippen LogP contribution in [0.1, 0.15) is 30.9 Å². The van der Waals surface area contributed by atoms with Crippen molar-refractivity contribution in [3.8, 4) is 0 Å². The van der Waals surface area contributed by atoms with E-state index in [1.807, 2.05) is 0 Å². The second kappa shape index (κ2) is 6.31. The van der Waals surface area contributed by atoms with Gasteiger partial charge in [-0.05, 0) is 49.9 Å². The third kappa shape index (κ3) is 3.64. The van der Waals surface area contributed by atoms with Crippen molar-refractivity contribution in [1.29, 1.82) is 0 Å². The lowest BCUT2D eigenvalue weighted by atomic mass is 9.99. The summed E-state index contributed by atoms with van der Waals surface area (Å²) in [4.78, 5) is 0. The van der Waals surface area contributed by atoms with Crippen LogP contribution in [0, 0.1) is 0 Å². The molecule has 0 aromatic heterocycles. The Morgan fingerprint density at radius 3 is 2.57 bits per heavy atom. The quantitative estimate of drug-likeness (QED) is 0.869. The zero-order valence-electron chi connectivity index (χ0n) is 12.7. The lowest BCUT2D eigenvalue weighted by Crippen LogP contribution is -2.42. The number of benzene rings is 2. The maximum atomic E-state index is 3.65. The molecule has 0 saturated carbocycles. The molecule has 0 amide bonds. The molecular weight excluding hydrogens is 256 g/mol. The van der Waals surface area contributed by atoms with Gasteiger partial charge in [0.05, 0.1) is 0 Å². The molecule has 21 heavy (non-hydrogen) atoms. The minimum Gasteiger partial charge on any atom is -0.383 e. The van der Waals surface area contributed by atoms with Crippen LogP contribution in [0.25, 0.3) is 0 Å². The second-order valence-corrected chi connectivity index (χ2v) is 6.26. The van der Waals surface area contributed by atoms with Crippen LogP contribution in [0.15, 0.2) is 54.6 Å². The zero-order chi connectivity index (χ0) is 14.5. The Morgan fingerprint density at radius 1 is 1.05 bits per heavy atom. The summed E-state index contributed by atoms with van der Waals surface area (Å²) in [5.74, 6) is 0. The van der Waals surface area contributed by atoms with Gasteiger partial charge in [-0.25, -0.2) is 0 Å². The molecule has 2 aromatic rings. The first-order valence-electron chi connectivity index (χ1n) is 7.86. The van der Waals surface area contributed by atoms with E-state index >= 15 is 0 Å². The first-order chi connectivity index (χ1) is 10.3. The summed E-state index contributed by atoms with van der Waals surface area (Å²) in [5.41, 5.74) is 4.22. The maximum Gasteiger partial charge on any atom is 0.0376 e. The molecule has 0 aliphatic carbocycles. The van der Waals surface area contributed by atoms with E-state index in [0.29, 0.717) is 0 Å². The van der Waals surface area contributed by atoms with Crippen LogP contribution in [-0.2, 0) is 6.42 Å². The lowest BCUT2D eigenvalue weighted by molar-refractivity contribution is 0.439. The summed E-state index contributed by atoms with van der Waals surface area (Å²) in [7, 11) is 0. The monoisotopic (exact) mass is 280 g/mol. The van der Waals surface area contributed by atoms with Gasteiger partial charge in [-0.1, -0.05) is 48.5 Å². The highest BCUT2D eigenvalue weighted by molar-refractivity contribution is 5.53. The first-order valence-corrected chi connectivity index (χ1v) is 7.86. The lowest BCUT2D eigenvalue weighted by Gasteiger charge is -2.26. The van der Waals surface area contributed by atoms with E-state index in [-0.39, 0.29) is 5.54 Å². The smallest absolute Gasteiger partial charge is 0.0376 e. The van der Waals surface area contributed by atoms with Crippen LogP contribution in [-0.4, -0.2) is 18.6 Å². The predicted octanol–water partition coefficient (Wildman–Crippen LogP) is 3.83. The van der Waals surface area contributed by atoms with Gasteiger partial charge in [-0.2, -0.15) is 0 Å². The third-order valence-electron chi connectivity index (χ3n) is 4.38. The number of para-hydroxylation sites is 1. The molecule has 2 N–H and O–H groups in total. The van der Waals surface area contributed by atoms with Crippen LogP contribution in [0.2, 0.25) is 0 Å². The van der Waals surface area contributed by atoms with E-state index in [4.69, 9.17) is 0 Å². The van der Waals surface area contributed by atoms with Crippen molar-refractivity contribution in [1.82, 2.24) is 5.32 Å². The highest BCUT2D eigenvalue weighted by atomic mass is 15.1. The Bertz CT molecular complexity index is 571. The normalized spacial score (nSPS) is 21.4. The van der Waals surface area contributed by atoms with Gasteiger partial charge in [0.25, 0.3) is 0 Å². The van der Waals surface area contributed by atoms with Crippen LogP contribution in [0.3, 0.4) is 0 Å². The Labute approximate surface area is 127 Å². The van der Waals surface area contributed by atoms with Crippen molar-refractivity contribution in [2.75, 3.05) is 18.4 Å². The number of hydrogen-bond donors (Lipinski definition) is 2. The highest BCUT2D eigenvalue weighted by Crippen LogP contribution is 2.23. The first kappa shape index (κ1) is 14.2. The number of hydrogen-bond acceptors (Lipinski definition) is 2. The van der Waals surface area contributed by atoms with Gasteiger partial charge in [-0.15, -0.1) is 0 Å². The summed E-state index contributed by atoms with van der Waals surface area (Å²) in [6.07, 6.45) is 3.51. The van der Waals surface area contributed by atoms with E-state index in [1.54, 1.807) is 0 Å². The third-order valence-corrected chi connectivity index (χ3v) is 4.38. The maximum absolute atomic E-state index is 3.65. The Kier molecular flexibility index (Phi) is 4.26. The predicted molar refractivity (Wildman–Crippen MR) is 89.8 cm³/mol. The molecule has 2 nitrogen and oxygen atoms in total. The molecule has 0 bridgehead atoms. The van der Waals surface area contributed by atoms with E-state index in [9.17, 15) is 0 Å². The molecule has 0 spiro atoms. The number of nitrogens with one attached hydrogen (secondary N) is 2. The van der Waals surface area contributed by atoms with E-state index in [1.165, 1.54) is 29.7 Å². The minimum absolute atomic E-state index is 0.236. The van der Waals surface area contributed by atoms with Crippen molar-refractivity contribution in [2.24, 2.45) is 0 Å². The van der Waals surface area contributed by atoms with Crippen LogP contribution < -0.4 is 10.6 Å². The van der Waals surface area contributed by atoms with E-state index in [0.717, 1.165) is 19.5 Å². The van der Waals surface area contributed by atoms with Gasteiger partial charge in [0.15, 0.2) is 0 Å². The Hall–Kier alpha value is -1.80. The molecule has 2 aromatic carbocycles. The van der Waals surface area contributed by atoms with E-state index in [2.05, 4.69) is 72.2 Å². The zero-order valence-corrected chi connectivity index (χ0v) is 12.7. The number of rotatable bonds is 5. The molecule has 110 valence electrons. The Balaban J connectivity index is 1.70. The van der Waals surface area contributed by atoms with Gasteiger partial charge in [0.1, 0.15) is 0 Å². The topological polar surface area (TPSA) is 24.1 Å². The molecule has 1 heterocycles. The van der Waals surface area contributed by atoms with E-state index < -0.39 is 0 Å². The molecular formula is C19H24N2. The van der Waals surface area contributed by atoms with Gasteiger partial charge >= 0.3 is 0 Å². The molecule has 1 fully saturated rings. The molecule has 1 unspecified atom stereocenters. The molecule has 1 atom stereocenters. The fourth-order valence-corrected chi connectivity index (χ4v) is 3.06. The molecule has 0 radical (unpaired) electrons. The molecule has 1 aliphatic heterocycles. The van der Waals surface area contributed by atoms with Gasteiger partial charge < -0.3 is 10.6 Å².